The number of carbonyl (C=O) groups excluding carboxylic acids is 2. The van der Waals surface area contributed by atoms with Crippen molar-refractivity contribution in [3.8, 4) is 17.2 Å². The van der Waals surface area contributed by atoms with Gasteiger partial charge in [0.1, 0.15) is 17.2 Å². The molecule has 3 aromatic rings. The summed E-state index contributed by atoms with van der Waals surface area (Å²) in [6.07, 6.45) is 2.58. The molecule has 0 fully saturated rings. The van der Waals surface area contributed by atoms with E-state index in [9.17, 15) is 14.7 Å². The Balaban J connectivity index is 1.60. The molecule has 3 aromatic carbocycles. The van der Waals surface area contributed by atoms with Crippen LogP contribution in [0.1, 0.15) is 60.2 Å². The highest BCUT2D eigenvalue weighted by Gasteiger charge is 2.27. The molecule has 6 heteroatoms. The van der Waals surface area contributed by atoms with Crippen molar-refractivity contribution in [3.05, 3.63) is 82.9 Å². The van der Waals surface area contributed by atoms with Crippen LogP contribution >= 0.6 is 0 Å². The molecule has 0 spiro atoms. The molecule has 1 aliphatic carbocycles. The maximum atomic E-state index is 13.2. The Morgan fingerprint density at radius 3 is 2.31 bits per heavy atom. The lowest BCUT2D eigenvalue weighted by Crippen LogP contribution is -2.28. The summed E-state index contributed by atoms with van der Waals surface area (Å²) in [5, 5.41) is 9.59. The van der Waals surface area contributed by atoms with Crippen LogP contribution in [0, 0.1) is 5.41 Å². The zero-order chi connectivity index (χ0) is 26.0. The van der Waals surface area contributed by atoms with Crippen molar-refractivity contribution in [3.63, 3.8) is 0 Å². The molecule has 0 aliphatic heterocycles. The number of hydrogen-bond acceptors (Lipinski definition) is 5. The Labute approximate surface area is 212 Å². The average Bonchev–Trinajstić information content (AvgIpc) is 2.87. The Bertz CT molecular complexity index is 1270. The number of hydrogen-bond donors (Lipinski definition) is 1. The number of carbonyl (C=O) groups is 2. The molecule has 188 valence electrons. The van der Waals surface area contributed by atoms with Gasteiger partial charge >= 0.3 is 5.97 Å². The number of fused-ring (bicyclic) bond motifs is 1. The van der Waals surface area contributed by atoms with Crippen molar-refractivity contribution in [2.24, 2.45) is 5.41 Å². The van der Waals surface area contributed by atoms with Crippen LogP contribution in [-0.2, 0) is 17.6 Å². The first-order valence-corrected chi connectivity index (χ1v) is 12.2. The molecule has 1 N–H and O–H groups in total. The van der Waals surface area contributed by atoms with Gasteiger partial charge < -0.3 is 19.5 Å². The van der Waals surface area contributed by atoms with E-state index in [1.54, 1.807) is 31.2 Å². The van der Waals surface area contributed by atoms with Crippen molar-refractivity contribution in [1.29, 1.82) is 0 Å². The first kappa shape index (κ1) is 25.3. The second kappa shape index (κ2) is 10.1. The fourth-order valence-corrected chi connectivity index (χ4v) is 4.51. The summed E-state index contributed by atoms with van der Waals surface area (Å²) in [6.45, 7) is 5.52. The average molecular weight is 488 g/mol. The zero-order valence-corrected chi connectivity index (χ0v) is 21.5. The molecule has 0 saturated heterocycles. The third-order valence-corrected chi connectivity index (χ3v) is 6.69. The molecule has 1 unspecified atom stereocenters. The maximum absolute atomic E-state index is 13.2. The third-order valence-electron chi connectivity index (χ3n) is 6.69. The molecule has 1 atom stereocenters. The Morgan fingerprint density at radius 1 is 0.944 bits per heavy atom. The molecular formula is C30H33NO5. The lowest BCUT2D eigenvalue weighted by molar-refractivity contribution is -0.143. The standard InChI is InChI=1S/C30H33NO5/c1-30(2,3)29(34)36-25-13-10-20-16-22(7-6-21(20)17-25)26-15-14-24(35-5)18-27(26)31(4)28(33)19-8-11-23(32)12-9-19/h8-15,17-18,22,32H,6-7,16H2,1-5H3. The number of aryl methyl sites for hydroxylation is 1. The molecule has 0 saturated carbocycles. The number of aromatic hydroxyl groups is 1. The van der Waals surface area contributed by atoms with Gasteiger partial charge in [-0.1, -0.05) is 12.1 Å². The van der Waals surface area contributed by atoms with Gasteiger partial charge in [-0.25, -0.2) is 0 Å². The van der Waals surface area contributed by atoms with E-state index in [0.29, 0.717) is 17.1 Å². The number of benzene rings is 3. The molecule has 4 rings (SSSR count). The SMILES string of the molecule is COc1ccc(C2CCc3cc(OC(=O)C(C)(C)C)ccc3C2)c(N(C)C(=O)c2ccc(O)cc2)c1. The van der Waals surface area contributed by atoms with Crippen LogP contribution in [0.25, 0.3) is 0 Å². The van der Waals surface area contributed by atoms with Gasteiger partial charge in [0, 0.05) is 18.7 Å². The number of amides is 1. The van der Waals surface area contributed by atoms with Crippen LogP contribution in [0.5, 0.6) is 17.2 Å². The topological polar surface area (TPSA) is 76.1 Å². The van der Waals surface area contributed by atoms with E-state index < -0.39 is 5.41 Å². The summed E-state index contributed by atoms with van der Waals surface area (Å²) in [7, 11) is 3.38. The first-order valence-electron chi connectivity index (χ1n) is 12.2. The van der Waals surface area contributed by atoms with Gasteiger partial charge in [-0.15, -0.1) is 0 Å². The van der Waals surface area contributed by atoms with Crippen molar-refractivity contribution in [2.75, 3.05) is 19.1 Å². The molecule has 0 heterocycles. The predicted octanol–water partition coefficient (Wildman–Crippen LogP) is 5.90. The molecular weight excluding hydrogens is 454 g/mol. The monoisotopic (exact) mass is 487 g/mol. The van der Waals surface area contributed by atoms with Crippen LogP contribution in [0.2, 0.25) is 0 Å². The van der Waals surface area contributed by atoms with Crippen molar-refractivity contribution < 1.29 is 24.2 Å². The number of rotatable bonds is 5. The first-order chi connectivity index (χ1) is 17.1. The normalized spacial score (nSPS) is 15.1. The third kappa shape index (κ3) is 5.38. The molecule has 1 aliphatic rings. The molecule has 1 amide bonds. The van der Waals surface area contributed by atoms with Gasteiger partial charge in [-0.3, -0.25) is 9.59 Å². The maximum Gasteiger partial charge on any atom is 0.316 e. The summed E-state index contributed by atoms with van der Waals surface area (Å²) >= 11 is 0. The second-order valence-corrected chi connectivity index (χ2v) is 10.3. The van der Waals surface area contributed by atoms with E-state index >= 15 is 0 Å². The van der Waals surface area contributed by atoms with Crippen molar-refractivity contribution in [1.82, 2.24) is 0 Å². The number of phenols is 1. The quantitative estimate of drug-likeness (QED) is 0.358. The lowest BCUT2D eigenvalue weighted by atomic mass is 9.79. The van der Waals surface area contributed by atoms with Crippen molar-refractivity contribution >= 4 is 17.6 Å². The van der Waals surface area contributed by atoms with Crippen LogP contribution in [0.4, 0.5) is 5.69 Å². The smallest absolute Gasteiger partial charge is 0.316 e. The molecule has 0 aromatic heterocycles. The number of ether oxygens (including phenoxy) is 2. The van der Waals surface area contributed by atoms with Crippen molar-refractivity contribution in [2.45, 2.75) is 46.0 Å². The van der Waals surface area contributed by atoms with Gasteiger partial charge in [-0.2, -0.15) is 0 Å². The minimum Gasteiger partial charge on any atom is -0.508 e. The highest BCUT2D eigenvalue weighted by Crippen LogP contribution is 2.40. The van der Waals surface area contributed by atoms with Gasteiger partial charge in [0.2, 0.25) is 0 Å². The summed E-state index contributed by atoms with van der Waals surface area (Å²) in [4.78, 5) is 27.2. The van der Waals surface area contributed by atoms with Gasteiger partial charge in [-0.05, 0) is 105 Å². The minimum absolute atomic E-state index is 0.119. The van der Waals surface area contributed by atoms with Crippen LogP contribution in [0.3, 0.4) is 0 Å². The zero-order valence-electron chi connectivity index (χ0n) is 21.5. The highest BCUT2D eigenvalue weighted by molar-refractivity contribution is 6.06. The van der Waals surface area contributed by atoms with Crippen LogP contribution in [-0.4, -0.2) is 31.1 Å². The molecule has 6 nitrogen and oxygen atoms in total. The van der Waals surface area contributed by atoms with Gasteiger partial charge in [0.15, 0.2) is 0 Å². The molecule has 0 radical (unpaired) electrons. The summed E-state index contributed by atoms with van der Waals surface area (Å²) in [6, 6.07) is 18.0. The van der Waals surface area contributed by atoms with Crippen LogP contribution < -0.4 is 14.4 Å². The number of methoxy groups -OCH3 is 1. The Morgan fingerprint density at radius 2 is 1.64 bits per heavy atom. The number of phenolic OH excluding ortho intramolecular Hbond substituents is 1. The fourth-order valence-electron chi connectivity index (χ4n) is 4.51. The molecule has 0 bridgehead atoms. The van der Waals surface area contributed by atoms with Gasteiger partial charge in [0.25, 0.3) is 5.91 Å². The summed E-state index contributed by atoms with van der Waals surface area (Å²) in [5.74, 6) is 1.19. The van der Waals surface area contributed by atoms with E-state index in [4.69, 9.17) is 9.47 Å². The summed E-state index contributed by atoms with van der Waals surface area (Å²) < 4.78 is 11.1. The van der Waals surface area contributed by atoms with E-state index in [1.165, 1.54) is 23.3 Å². The largest absolute Gasteiger partial charge is 0.508 e. The van der Waals surface area contributed by atoms with Crippen LogP contribution in [0.15, 0.2) is 60.7 Å². The number of anilines is 1. The number of nitrogens with zero attached hydrogens (tertiary/aromatic N) is 1. The Kier molecular flexibility index (Phi) is 7.07. The minimum atomic E-state index is -0.560. The second-order valence-electron chi connectivity index (χ2n) is 10.3. The van der Waals surface area contributed by atoms with E-state index in [0.717, 1.165) is 30.5 Å². The summed E-state index contributed by atoms with van der Waals surface area (Å²) in [5.41, 5.74) is 4.23. The predicted molar refractivity (Wildman–Crippen MR) is 140 cm³/mol. The molecule has 36 heavy (non-hydrogen) atoms. The van der Waals surface area contributed by atoms with E-state index in [-0.39, 0.29) is 23.5 Å². The fraction of sp³-hybridized carbons (Fsp3) is 0.333. The number of esters is 1. The lowest BCUT2D eigenvalue weighted by Gasteiger charge is -2.30. The van der Waals surface area contributed by atoms with E-state index in [1.807, 2.05) is 57.2 Å². The highest BCUT2D eigenvalue weighted by atomic mass is 16.5. The Hall–Kier alpha value is -3.80. The van der Waals surface area contributed by atoms with E-state index in [2.05, 4.69) is 0 Å². The van der Waals surface area contributed by atoms with Gasteiger partial charge in [0.05, 0.1) is 18.2 Å².